The van der Waals surface area contributed by atoms with Crippen LogP contribution in [0.25, 0.3) is 0 Å². The SMILES string of the molecule is CCNC(=NCc1ccccc1C)NCc1csc(C(C)C)n1.I. The number of benzene rings is 1. The Balaban J connectivity index is 0.00000288. The third-order valence-electron chi connectivity index (χ3n) is 3.51. The number of thiazole rings is 1. The van der Waals surface area contributed by atoms with Crippen LogP contribution in [0.15, 0.2) is 34.6 Å². The van der Waals surface area contributed by atoms with Gasteiger partial charge in [-0.25, -0.2) is 9.98 Å². The number of rotatable bonds is 6. The van der Waals surface area contributed by atoms with Crippen LogP contribution in [-0.4, -0.2) is 17.5 Å². The quantitative estimate of drug-likeness (QED) is 0.382. The maximum atomic E-state index is 4.67. The average Bonchev–Trinajstić information content (AvgIpc) is 3.00. The number of halogens is 1. The summed E-state index contributed by atoms with van der Waals surface area (Å²) in [7, 11) is 0. The molecule has 0 spiro atoms. The topological polar surface area (TPSA) is 49.3 Å². The van der Waals surface area contributed by atoms with Gasteiger partial charge < -0.3 is 10.6 Å². The smallest absolute Gasteiger partial charge is 0.191 e. The molecule has 132 valence electrons. The second-order valence-electron chi connectivity index (χ2n) is 5.81. The molecule has 0 saturated heterocycles. The number of guanidine groups is 1. The zero-order valence-corrected chi connectivity index (χ0v) is 17.9. The van der Waals surface area contributed by atoms with E-state index in [0.29, 0.717) is 19.0 Å². The standard InChI is InChI=1S/C18H26N4S.HI/c1-5-19-18(20-10-15-9-7-6-8-14(15)4)21-11-16-12-23-17(22-16)13(2)3;/h6-9,12-13H,5,10-11H2,1-4H3,(H2,19,20,21);1H. The van der Waals surface area contributed by atoms with Gasteiger partial charge >= 0.3 is 0 Å². The van der Waals surface area contributed by atoms with E-state index in [0.717, 1.165) is 18.2 Å². The molecule has 1 aromatic carbocycles. The van der Waals surface area contributed by atoms with Gasteiger partial charge in [0, 0.05) is 17.8 Å². The van der Waals surface area contributed by atoms with Crippen molar-refractivity contribution >= 4 is 41.3 Å². The van der Waals surface area contributed by atoms with Gasteiger partial charge in [-0.05, 0) is 25.0 Å². The normalized spacial score (nSPS) is 11.3. The van der Waals surface area contributed by atoms with Crippen molar-refractivity contribution in [3.8, 4) is 0 Å². The summed E-state index contributed by atoms with van der Waals surface area (Å²) in [5, 5.41) is 9.95. The van der Waals surface area contributed by atoms with Gasteiger partial charge in [0.05, 0.1) is 23.8 Å². The van der Waals surface area contributed by atoms with Gasteiger partial charge in [-0.2, -0.15) is 0 Å². The zero-order valence-electron chi connectivity index (χ0n) is 14.8. The minimum Gasteiger partial charge on any atom is -0.357 e. The Morgan fingerprint density at radius 2 is 2.00 bits per heavy atom. The third-order valence-corrected chi connectivity index (χ3v) is 4.71. The predicted octanol–water partition coefficient (Wildman–Crippen LogP) is 4.45. The van der Waals surface area contributed by atoms with Crippen LogP contribution in [-0.2, 0) is 13.1 Å². The average molecular weight is 458 g/mol. The van der Waals surface area contributed by atoms with E-state index >= 15 is 0 Å². The summed E-state index contributed by atoms with van der Waals surface area (Å²) in [5.74, 6) is 1.31. The highest BCUT2D eigenvalue weighted by Crippen LogP contribution is 2.18. The first-order valence-corrected chi connectivity index (χ1v) is 8.99. The summed E-state index contributed by atoms with van der Waals surface area (Å²) >= 11 is 1.72. The van der Waals surface area contributed by atoms with Crippen molar-refractivity contribution in [3.05, 3.63) is 51.5 Å². The minimum atomic E-state index is 0. The maximum absolute atomic E-state index is 4.67. The molecule has 1 aromatic heterocycles. The molecule has 0 saturated carbocycles. The number of hydrogen-bond donors (Lipinski definition) is 2. The van der Waals surface area contributed by atoms with E-state index in [2.05, 4.69) is 78.0 Å². The molecule has 2 aromatic rings. The molecule has 0 amide bonds. The van der Waals surface area contributed by atoms with E-state index in [1.54, 1.807) is 11.3 Å². The zero-order chi connectivity index (χ0) is 16.7. The first kappa shape index (κ1) is 20.9. The number of nitrogens with zero attached hydrogens (tertiary/aromatic N) is 2. The molecule has 4 nitrogen and oxygen atoms in total. The number of aliphatic imine (C=N–C) groups is 1. The van der Waals surface area contributed by atoms with Crippen molar-refractivity contribution in [2.24, 2.45) is 4.99 Å². The molecular formula is C18H27IN4S. The summed E-state index contributed by atoms with van der Waals surface area (Å²) < 4.78 is 0. The lowest BCUT2D eigenvalue weighted by atomic mass is 10.1. The Labute approximate surface area is 166 Å². The molecule has 0 bridgehead atoms. The molecule has 2 N–H and O–H groups in total. The highest BCUT2D eigenvalue weighted by molar-refractivity contribution is 14.0. The Kier molecular flexibility index (Phi) is 9.28. The number of nitrogens with one attached hydrogen (secondary N) is 2. The summed E-state index contributed by atoms with van der Waals surface area (Å²) in [4.78, 5) is 9.32. The Morgan fingerprint density at radius 1 is 1.25 bits per heavy atom. The van der Waals surface area contributed by atoms with Gasteiger partial charge in [-0.15, -0.1) is 35.3 Å². The molecule has 0 aliphatic carbocycles. The van der Waals surface area contributed by atoms with Gasteiger partial charge in [-0.1, -0.05) is 38.1 Å². The molecule has 0 radical (unpaired) electrons. The first-order chi connectivity index (χ1) is 11.1. The molecule has 0 unspecified atom stereocenters. The van der Waals surface area contributed by atoms with Crippen molar-refractivity contribution in [1.82, 2.24) is 15.6 Å². The van der Waals surface area contributed by atoms with Crippen molar-refractivity contribution in [1.29, 1.82) is 0 Å². The predicted molar refractivity (Wildman–Crippen MR) is 114 cm³/mol. The van der Waals surface area contributed by atoms with Gasteiger partial charge in [0.1, 0.15) is 0 Å². The highest BCUT2D eigenvalue weighted by Gasteiger charge is 2.06. The van der Waals surface area contributed by atoms with Crippen LogP contribution in [0.5, 0.6) is 0 Å². The molecule has 0 atom stereocenters. The van der Waals surface area contributed by atoms with Crippen LogP contribution in [0, 0.1) is 6.92 Å². The number of aromatic nitrogens is 1. The first-order valence-electron chi connectivity index (χ1n) is 8.11. The monoisotopic (exact) mass is 458 g/mol. The van der Waals surface area contributed by atoms with Crippen LogP contribution in [0.2, 0.25) is 0 Å². The van der Waals surface area contributed by atoms with E-state index in [-0.39, 0.29) is 24.0 Å². The van der Waals surface area contributed by atoms with Crippen molar-refractivity contribution in [2.75, 3.05) is 6.54 Å². The van der Waals surface area contributed by atoms with Crippen LogP contribution in [0.1, 0.15) is 48.5 Å². The molecular weight excluding hydrogens is 431 g/mol. The second-order valence-corrected chi connectivity index (χ2v) is 6.70. The Morgan fingerprint density at radius 3 is 2.62 bits per heavy atom. The Bertz CT molecular complexity index is 652. The molecule has 0 fully saturated rings. The molecule has 24 heavy (non-hydrogen) atoms. The van der Waals surface area contributed by atoms with Crippen LogP contribution >= 0.6 is 35.3 Å². The van der Waals surface area contributed by atoms with Crippen molar-refractivity contribution in [3.63, 3.8) is 0 Å². The summed E-state index contributed by atoms with van der Waals surface area (Å²) in [6.45, 7) is 10.7. The molecule has 1 heterocycles. The molecule has 6 heteroatoms. The fourth-order valence-corrected chi connectivity index (χ4v) is 2.97. The van der Waals surface area contributed by atoms with E-state index in [1.165, 1.54) is 16.1 Å². The minimum absolute atomic E-state index is 0. The molecule has 0 aliphatic heterocycles. The van der Waals surface area contributed by atoms with Crippen molar-refractivity contribution < 1.29 is 0 Å². The van der Waals surface area contributed by atoms with Crippen LogP contribution in [0.4, 0.5) is 0 Å². The fraction of sp³-hybridized carbons (Fsp3) is 0.444. The van der Waals surface area contributed by atoms with Gasteiger partial charge in [0.15, 0.2) is 5.96 Å². The van der Waals surface area contributed by atoms with Gasteiger partial charge in [0.25, 0.3) is 0 Å². The number of aryl methyl sites for hydroxylation is 1. The summed E-state index contributed by atoms with van der Waals surface area (Å²) in [6, 6.07) is 8.35. The molecule has 0 aliphatic rings. The lowest BCUT2D eigenvalue weighted by Gasteiger charge is -2.11. The lowest BCUT2D eigenvalue weighted by Crippen LogP contribution is -2.36. The van der Waals surface area contributed by atoms with Crippen LogP contribution in [0.3, 0.4) is 0 Å². The highest BCUT2D eigenvalue weighted by atomic mass is 127. The number of hydrogen-bond acceptors (Lipinski definition) is 3. The summed E-state index contributed by atoms with van der Waals surface area (Å²) in [6.07, 6.45) is 0. The largest absolute Gasteiger partial charge is 0.357 e. The van der Waals surface area contributed by atoms with E-state index < -0.39 is 0 Å². The maximum Gasteiger partial charge on any atom is 0.191 e. The van der Waals surface area contributed by atoms with E-state index in [4.69, 9.17) is 0 Å². The lowest BCUT2D eigenvalue weighted by molar-refractivity contribution is 0.786. The van der Waals surface area contributed by atoms with Crippen LogP contribution < -0.4 is 10.6 Å². The van der Waals surface area contributed by atoms with Gasteiger partial charge in [-0.3, -0.25) is 0 Å². The Hall–Kier alpha value is -1.15. The third kappa shape index (κ3) is 6.39. The summed E-state index contributed by atoms with van der Waals surface area (Å²) in [5.41, 5.74) is 3.59. The van der Waals surface area contributed by atoms with E-state index in [1.807, 2.05) is 0 Å². The fourth-order valence-electron chi connectivity index (χ4n) is 2.14. The van der Waals surface area contributed by atoms with Gasteiger partial charge in [0.2, 0.25) is 0 Å². The second kappa shape index (κ2) is 10.7. The molecule has 2 rings (SSSR count). The van der Waals surface area contributed by atoms with Crippen molar-refractivity contribution in [2.45, 2.75) is 46.7 Å². The van der Waals surface area contributed by atoms with E-state index in [9.17, 15) is 0 Å².